The van der Waals surface area contributed by atoms with Crippen molar-refractivity contribution in [3.63, 3.8) is 0 Å². The van der Waals surface area contributed by atoms with Crippen LogP contribution in [0, 0.1) is 11.8 Å². The zero-order chi connectivity index (χ0) is 14.4. The fraction of sp³-hybridized carbons (Fsp3) is 1.00. The molecule has 0 spiro atoms. The first-order valence-electron chi connectivity index (χ1n) is 8.44. The number of nitrogens with one attached hydrogen (secondary N) is 1. The predicted octanol–water partition coefficient (Wildman–Crippen LogP) is 3.91. The fourth-order valence-corrected chi connectivity index (χ4v) is 3.25. The Balaban J connectivity index is 2.52. The molecule has 0 aromatic carbocycles. The molecule has 1 N–H and O–H groups in total. The first-order valence-corrected chi connectivity index (χ1v) is 8.44. The molecule has 0 aliphatic carbocycles. The average Bonchev–Trinajstić information content (AvgIpc) is 2.37. The summed E-state index contributed by atoms with van der Waals surface area (Å²) in [5.41, 5.74) is 0. The minimum Gasteiger partial charge on any atom is -0.311 e. The summed E-state index contributed by atoms with van der Waals surface area (Å²) in [6, 6.07) is 2.15. The summed E-state index contributed by atoms with van der Waals surface area (Å²) < 4.78 is 0. The van der Waals surface area contributed by atoms with Gasteiger partial charge in [-0.2, -0.15) is 0 Å². The van der Waals surface area contributed by atoms with Gasteiger partial charge in [0.05, 0.1) is 0 Å². The second-order valence-electron chi connectivity index (χ2n) is 7.20. The third-order valence-corrected chi connectivity index (χ3v) is 4.70. The van der Waals surface area contributed by atoms with E-state index in [2.05, 4.69) is 51.8 Å². The quantitative estimate of drug-likeness (QED) is 0.753. The summed E-state index contributed by atoms with van der Waals surface area (Å²) in [6.07, 6.45) is 5.36. The standard InChI is InChI=1S/C17H36N2/c1-7-16-12-19(17(11-18-16)14(4)5)15(6)10-8-9-13(2)3/h13-18H,7-12H2,1-6H3. The van der Waals surface area contributed by atoms with Crippen molar-refractivity contribution >= 4 is 0 Å². The van der Waals surface area contributed by atoms with Crippen molar-refractivity contribution in [2.75, 3.05) is 13.1 Å². The van der Waals surface area contributed by atoms with Crippen molar-refractivity contribution in [2.24, 2.45) is 11.8 Å². The molecule has 0 saturated carbocycles. The van der Waals surface area contributed by atoms with E-state index in [4.69, 9.17) is 0 Å². The number of hydrogen-bond donors (Lipinski definition) is 1. The molecule has 3 atom stereocenters. The van der Waals surface area contributed by atoms with Gasteiger partial charge in [-0.05, 0) is 31.6 Å². The number of piperazine rings is 1. The molecular weight excluding hydrogens is 232 g/mol. The van der Waals surface area contributed by atoms with Crippen molar-refractivity contribution in [2.45, 2.75) is 85.4 Å². The van der Waals surface area contributed by atoms with Crippen LogP contribution in [-0.4, -0.2) is 36.1 Å². The van der Waals surface area contributed by atoms with E-state index >= 15 is 0 Å². The third kappa shape index (κ3) is 5.43. The monoisotopic (exact) mass is 268 g/mol. The molecule has 1 aliphatic heterocycles. The van der Waals surface area contributed by atoms with Crippen molar-refractivity contribution in [1.82, 2.24) is 10.2 Å². The Morgan fingerprint density at radius 2 is 1.79 bits per heavy atom. The molecule has 1 aliphatic rings. The molecule has 1 saturated heterocycles. The number of nitrogens with zero attached hydrogens (tertiary/aromatic N) is 1. The van der Waals surface area contributed by atoms with Gasteiger partial charge < -0.3 is 5.32 Å². The molecule has 1 rings (SSSR count). The van der Waals surface area contributed by atoms with Gasteiger partial charge >= 0.3 is 0 Å². The SMILES string of the molecule is CCC1CN(C(C)CCCC(C)C)C(C(C)C)CN1. The Hall–Kier alpha value is -0.0800. The van der Waals surface area contributed by atoms with E-state index < -0.39 is 0 Å². The van der Waals surface area contributed by atoms with Crippen LogP contribution in [0.15, 0.2) is 0 Å². The second-order valence-corrected chi connectivity index (χ2v) is 7.20. The molecule has 2 nitrogen and oxygen atoms in total. The first kappa shape index (κ1) is 17.0. The van der Waals surface area contributed by atoms with Crippen molar-refractivity contribution in [3.05, 3.63) is 0 Å². The number of rotatable bonds is 7. The average molecular weight is 268 g/mol. The summed E-state index contributed by atoms with van der Waals surface area (Å²) in [5, 5.41) is 3.72. The molecule has 0 aromatic heterocycles. The van der Waals surface area contributed by atoms with Crippen molar-refractivity contribution in [3.8, 4) is 0 Å². The van der Waals surface area contributed by atoms with E-state index in [-0.39, 0.29) is 0 Å². The van der Waals surface area contributed by atoms with Crippen LogP contribution in [0.5, 0.6) is 0 Å². The van der Waals surface area contributed by atoms with Crippen LogP contribution >= 0.6 is 0 Å². The Labute approximate surface area is 121 Å². The smallest absolute Gasteiger partial charge is 0.0247 e. The van der Waals surface area contributed by atoms with Gasteiger partial charge in [0.1, 0.15) is 0 Å². The van der Waals surface area contributed by atoms with Gasteiger partial charge in [-0.1, -0.05) is 47.5 Å². The zero-order valence-electron chi connectivity index (χ0n) is 14.1. The molecule has 2 heteroatoms. The molecule has 3 unspecified atom stereocenters. The maximum atomic E-state index is 3.72. The topological polar surface area (TPSA) is 15.3 Å². The normalized spacial score (nSPS) is 27.2. The molecule has 0 radical (unpaired) electrons. The van der Waals surface area contributed by atoms with Crippen LogP contribution in [-0.2, 0) is 0 Å². The lowest BCUT2D eigenvalue weighted by molar-refractivity contribution is 0.0566. The molecule has 1 heterocycles. The molecule has 0 amide bonds. The highest BCUT2D eigenvalue weighted by Crippen LogP contribution is 2.22. The van der Waals surface area contributed by atoms with Gasteiger partial charge in [0, 0.05) is 31.2 Å². The summed E-state index contributed by atoms with van der Waals surface area (Å²) >= 11 is 0. The number of hydrogen-bond acceptors (Lipinski definition) is 2. The van der Waals surface area contributed by atoms with E-state index in [1.54, 1.807) is 0 Å². The fourth-order valence-electron chi connectivity index (χ4n) is 3.25. The Bertz CT molecular complexity index is 237. The van der Waals surface area contributed by atoms with E-state index in [1.807, 2.05) is 0 Å². The molecule has 19 heavy (non-hydrogen) atoms. The van der Waals surface area contributed by atoms with Crippen LogP contribution in [0.1, 0.15) is 67.2 Å². The largest absolute Gasteiger partial charge is 0.311 e. The van der Waals surface area contributed by atoms with Gasteiger partial charge in [-0.25, -0.2) is 0 Å². The predicted molar refractivity (Wildman–Crippen MR) is 85.6 cm³/mol. The Morgan fingerprint density at radius 3 is 2.32 bits per heavy atom. The highest BCUT2D eigenvalue weighted by atomic mass is 15.3. The van der Waals surface area contributed by atoms with Crippen molar-refractivity contribution in [1.29, 1.82) is 0 Å². The molecule has 114 valence electrons. The second kappa shape index (κ2) is 8.26. The van der Waals surface area contributed by atoms with E-state index in [0.717, 1.165) is 23.9 Å². The van der Waals surface area contributed by atoms with Gasteiger partial charge in [-0.15, -0.1) is 0 Å². The summed E-state index contributed by atoms with van der Waals surface area (Å²) in [4.78, 5) is 2.79. The lowest BCUT2D eigenvalue weighted by atomic mass is 9.94. The van der Waals surface area contributed by atoms with Crippen LogP contribution in [0.4, 0.5) is 0 Å². The summed E-state index contributed by atoms with van der Waals surface area (Å²) in [7, 11) is 0. The van der Waals surface area contributed by atoms with Gasteiger partial charge in [0.2, 0.25) is 0 Å². The van der Waals surface area contributed by atoms with Crippen LogP contribution in [0.3, 0.4) is 0 Å². The Kier molecular flexibility index (Phi) is 7.38. The zero-order valence-corrected chi connectivity index (χ0v) is 14.1. The van der Waals surface area contributed by atoms with E-state index in [1.165, 1.54) is 38.8 Å². The lowest BCUT2D eigenvalue weighted by Crippen LogP contribution is -2.60. The lowest BCUT2D eigenvalue weighted by Gasteiger charge is -2.45. The van der Waals surface area contributed by atoms with E-state index in [0.29, 0.717) is 6.04 Å². The van der Waals surface area contributed by atoms with Gasteiger partial charge in [0.25, 0.3) is 0 Å². The molecule has 0 aromatic rings. The third-order valence-electron chi connectivity index (χ3n) is 4.70. The Morgan fingerprint density at radius 1 is 1.11 bits per heavy atom. The van der Waals surface area contributed by atoms with Crippen LogP contribution in [0.25, 0.3) is 0 Å². The highest BCUT2D eigenvalue weighted by Gasteiger charge is 2.31. The van der Waals surface area contributed by atoms with E-state index in [9.17, 15) is 0 Å². The van der Waals surface area contributed by atoms with Crippen LogP contribution < -0.4 is 5.32 Å². The minimum absolute atomic E-state index is 0.697. The maximum absolute atomic E-state index is 3.72. The molecular formula is C17H36N2. The van der Waals surface area contributed by atoms with Gasteiger partial charge in [-0.3, -0.25) is 4.90 Å². The summed E-state index contributed by atoms with van der Waals surface area (Å²) in [6.45, 7) is 16.5. The molecule has 1 fully saturated rings. The maximum Gasteiger partial charge on any atom is 0.0247 e. The molecule has 0 bridgehead atoms. The van der Waals surface area contributed by atoms with Crippen molar-refractivity contribution < 1.29 is 0 Å². The summed E-state index contributed by atoms with van der Waals surface area (Å²) in [5.74, 6) is 1.59. The first-order chi connectivity index (χ1) is 8.95. The highest BCUT2D eigenvalue weighted by molar-refractivity contribution is 4.89. The van der Waals surface area contributed by atoms with Gasteiger partial charge in [0.15, 0.2) is 0 Å². The van der Waals surface area contributed by atoms with Crippen LogP contribution in [0.2, 0.25) is 0 Å². The minimum atomic E-state index is 0.697.